The second kappa shape index (κ2) is 8.12. The zero-order chi connectivity index (χ0) is 14.3. The Balaban J connectivity index is 2.48. The molecule has 0 saturated heterocycles. The summed E-state index contributed by atoms with van der Waals surface area (Å²) >= 11 is 4.96. The van der Waals surface area contributed by atoms with E-state index < -0.39 is 0 Å². The van der Waals surface area contributed by atoms with E-state index in [1.165, 1.54) is 0 Å². The minimum absolute atomic E-state index is 0.403. The van der Waals surface area contributed by atoms with E-state index in [1.54, 1.807) is 0 Å². The minimum atomic E-state index is 0.403. The molecule has 1 aromatic carbocycles. The van der Waals surface area contributed by atoms with Gasteiger partial charge < -0.3 is 10.5 Å². The maximum atomic E-state index is 5.77. The Morgan fingerprint density at radius 1 is 1.37 bits per heavy atom. The largest absolute Gasteiger partial charge is 0.492 e. The molecule has 0 radical (unpaired) electrons. The Morgan fingerprint density at radius 3 is 2.68 bits per heavy atom. The van der Waals surface area contributed by atoms with Crippen LogP contribution in [0.2, 0.25) is 0 Å². The van der Waals surface area contributed by atoms with Gasteiger partial charge in [0.1, 0.15) is 17.3 Å². The predicted molar refractivity (Wildman–Crippen MR) is 84.8 cm³/mol. The van der Waals surface area contributed by atoms with Crippen LogP contribution in [0.25, 0.3) is 0 Å². The van der Waals surface area contributed by atoms with Crippen molar-refractivity contribution in [3.05, 3.63) is 29.8 Å². The van der Waals surface area contributed by atoms with E-state index in [1.807, 2.05) is 24.3 Å². The summed E-state index contributed by atoms with van der Waals surface area (Å²) in [6, 6.07) is 8.18. The summed E-state index contributed by atoms with van der Waals surface area (Å²) < 4.78 is 5.77. The summed E-state index contributed by atoms with van der Waals surface area (Å²) in [7, 11) is 0. The fraction of sp³-hybridized carbons (Fsp3) is 0.533. The number of hydrogen-bond donors (Lipinski definition) is 1. The van der Waals surface area contributed by atoms with Gasteiger partial charge in [0.2, 0.25) is 0 Å². The molecule has 0 amide bonds. The zero-order valence-corrected chi connectivity index (χ0v) is 12.9. The van der Waals surface area contributed by atoms with Gasteiger partial charge in [-0.2, -0.15) is 0 Å². The van der Waals surface area contributed by atoms with E-state index in [-0.39, 0.29) is 0 Å². The minimum Gasteiger partial charge on any atom is -0.492 e. The molecule has 0 aliphatic heterocycles. The van der Waals surface area contributed by atoms with Gasteiger partial charge in [-0.25, -0.2) is 0 Å². The molecule has 3 nitrogen and oxygen atoms in total. The molecular weight excluding hydrogens is 256 g/mol. The monoisotopic (exact) mass is 280 g/mol. The number of nitrogens with two attached hydrogens (primary N) is 1. The van der Waals surface area contributed by atoms with E-state index in [4.69, 9.17) is 22.7 Å². The highest BCUT2D eigenvalue weighted by atomic mass is 32.1. The van der Waals surface area contributed by atoms with Crippen LogP contribution in [0.5, 0.6) is 5.75 Å². The van der Waals surface area contributed by atoms with Crippen LogP contribution in [0, 0.1) is 0 Å². The van der Waals surface area contributed by atoms with Crippen LogP contribution in [0.3, 0.4) is 0 Å². The van der Waals surface area contributed by atoms with Gasteiger partial charge in [0.15, 0.2) is 0 Å². The Kier molecular flexibility index (Phi) is 6.81. The lowest BCUT2D eigenvalue weighted by atomic mass is 10.2. The van der Waals surface area contributed by atoms with E-state index >= 15 is 0 Å². The number of nitrogens with zero attached hydrogens (tertiary/aromatic N) is 1. The summed E-state index contributed by atoms with van der Waals surface area (Å²) in [5, 5.41) is 0. The van der Waals surface area contributed by atoms with E-state index in [0.29, 0.717) is 17.6 Å². The number of benzene rings is 1. The van der Waals surface area contributed by atoms with Gasteiger partial charge in [0.25, 0.3) is 0 Å². The van der Waals surface area contributed by atoms with Crippen molar-refractivity contribution >= 4 is 17.2 Å². The lowest BCUT2D eigenvalue weighted by Gasteiger charge is -2.25. The van der Waals surface area contributed by atoms with Crippen LogP contribution in [0.4, 0.5) is 0 Å². The topological polar surface area (TPSA) is 38.5 Å². The Labute approximate surface area is 121 Å². The van der Waals surface area contributed by atoms with Gasteiger partial charge in [0.05, 0.1) is 0 Å². The first kappa shape index (κ1) is 15.9. The predicted octanol–water partition coefficient (Wildman–Crippen LogP) is 2.82. The normalized spacial score (nSPS) is 11.0. The van der Waals surface area contributed by atoms with Crippen LogP contribution < -0.4 is 10.5 Å². The highest BCUT2D eigenvalue weighted by Crippen LogP contribution is 2.13. The van der Waals surface area contributed by atoms with Crippen LogP contribution in [0.15, 0.2) is 24.3 Å². The highest BCUT2D eigenvalue weighted by molar-refractivity contribution is 7.80. The first-order chi connectivity index (χ1) is 9.04. The van der Waals surface area contributed by atoms with Gasteiger partial charge >= 0.3 is 0 Å². The molecule has 4 heteroatoms. The molecule has 0 unspecified atom stereocenters. The molecule has 1 aromatic rings. The molecule has 19 heavy (non-hydrogen) atoms. The van der Waals surface area contributed by atoms with Gasteiger partial charge in [0, 0.05) is 18.2 Å². The summed E-state index contributed by atoms with van der Waals surface area (Å²) in [4.78, 5) is 2.82. The Hall–Kier alpha value is -1.13. The molecule has 0 aromatic heterocycles. The van der Waals surface area contributed by atoms with E-state index in [2.05, 4.69) is 25.7 Å². The van der Waals surface area contributed by atoms with Gasteiger partial charge in [-0.1, -0.05) is 31.3 Å². The van der Waals surface area contributed by atoms with Crippen molar-refractivity contribution in [3.8, 4) is 5.75 Å². The standard InChI is InChI=1S/C15H24N2OS/c1-4-8-17(12(2)3)9-10-18-14-7-5-6-13(11-14)15(16)19/h5-7,11-12H,4,8-10H2,1-3H3,(H2,16,19). The number of hydrogen-bond acceptors (Lipinski definition) is 3. The van der Waals surface area contributed by atoms with Gasteiger partial charge in [-0.05, 0) is 38.9 Å². The zero-order valence-electron chi connectivity index (χ0n) is 12.1. The third-order valence-electron chi connectivity index (χ3n) is 3.01. The van der Waals surface area contributed by atoms with Crippen LogP contribution in [-0.4, -0.2) is 35.6 Å². The average molecular weight is 280 g/mol. The van der Waals surface area contributed by atoms with Crippen molar-refractivity contribution in [1.29, 1.82) is 0 Å². The molecule has 0 aliphatic carbocycles. The SMILES string of the molecule is CCCN(CCOc1cccc(C(N)=S)c1)C(C)C. The van der Waals surface area contributed by atoms with Crippen LogP contribution >= 0.6 is 12.2 Å². The molecular formula is C15H24N2OS. The summed E-state index contributed by atoms with van der Waals surface area (Å²) in [6.07, 6.45) is 1.16. The second-order valence-corrected chi connectivity index (χ2v) is 5.31. The summed E-state index contributed by atoms with van der Waals surface area (Å²) in [6.45, 7) is 9.34. The van der Waals surface area contributed by atoms with Gasteiger partial charge in [-0.15, -0.1) is 0 Å². The molecule has 0 spiro atoms. The fourth-order valence-corrected chi connectivity index (χ4v) is 2.06. The molecule has 2 N–H and O–H groups in total. The first-order valence-electron chi connectivity index (χ1n) is 6.81. The van der Waals surface area contributed by atoms with Crippen molar-refractivity contribution in [3.63, 3.8) is 0 Å². The number of ether oxygens (including phenoxy) is 1. The third-order valence-corrected chi connectivity index (χ3v) is 3.24. The molecule has 0 saturated carbocycles. The third kappa shape index (κ3) is 5.57. The summed E-state index contributed by atoms with van der Waals surface area (Å²) in [5.74, 6) is 0.825. The maximum absolute atomic E-state index is 5.77. The molecule has 0 heterocycles. The quantitative estimate of drug-likeness (QED) is 0.743. The lowest BCUT2D eigenvalue weighted by Crippen LogP contribution is -2.35. The molecule has 0 bridgehead atoms. The van der Waals surface area contributed by atoms with Crippen molar-refractivity contribution < 1.29 is 4.74 Å². The smallest absolute Gasteiger partial charge is 0.120 e. The Bertz CT molecular complexity index is 407. The maximum Gasteiger partial charge on any atom is 0.120 e. The van der Waals surface area contributed by atoms with Crippen molar-refractivity contribution in [2.24, 2.45) is 5.73 Å². The van der Waals surface area contributed by atoms with E-state index in [9.17, 15) is 0 Å². The molecule has 106 valence electrons. The summed E-state index contributed by atoms with van der Waals surface area (Å²) in [5.41, 5.74) is 6.46. The molecule has 0 aliphatic rings. The highest BCUT2D eigenvalue weighted by Gasteiger charge is 2.08. The second-order valence-electron chi connectivity index (χ2n) is 4.87. The van der Waals surface area contributed by atoms with E-state index in [0.717, 1.165) is 30.8 Å². The fourth-order valence-electron chi connectivity index (χ4n) is 1.94. The van der Waals surface area contributed by atoms with Gasteiger partial charge in [-0.3, -0.25) is 4.90 Å². The average Bonchev–Trinajstić information content (AvgIpc) is 2.38. The van der Waals surface area contributed by atoms with Crippen LogP contribution in [0.1, 0.15) is 32.8 Å². The van der Waals surface area contributed by atoms with Crippen molar-refractivity contribution in [1.82, 2.24) is 4.90 Å². The number of rotatable bonds is 8. The lowest BCUT2D eigenvalue weighted by molar-refractivity contribution is 0.176. The Morgan fingerprint density at radius 2 is 2.11 bits per heavy atom. The van der Waals surface area contributed by atoms with Crippen molar-refractivity contribution in [2.45, 2.75) is 33.2 Å². The molecule has 0 atom stereocenters. The van der Waals surface area contributed by atoms with Crippen molar-refractivity contribution in [2.75, 3.05) is 19.7 Å². The molecule has 0 fully saturated rings. The number of thiocarbonyl (C=S) groups is 1. The molecule has 1 rings (SSSR count). The van der Waals surface area contributed by atoms with Crippen LogP contribution in [-0.2, 0) is 0 Å². The first-order valence-corrected chi connectivity index (χ1v) is 7.22.